The van der Waals surface area contributed by atoms with Gasteiger partial charge in [-0.25, -0.2) is 13.8 Å². The third-order valence-corrected chi connectivity index (χ3v) is 4.67. The van der Waals surface area contributed by atoms with E-state index in [1.165, 1.54) is 19.4 Å². The Bertz CT molecular complexity index is 854. The maximum Gasteiger partial charge on any atom is 0.224 e. The van der Waals surface area contributed by atoms with Crippen molar-refractivity contribution in [1.82, 2.24) is 9.97 Å². The molecule has 0 aliphatic heterocycles. The fourth-order valence-corrected chi connectivity index (χ4v) is 3.13. The smallest absolute Gasteiger partial charge is 0.224 e. The van der Waals surface area contributed by atoms with Gasteiger partial charge in [0.2, 0.25) is 11.7 Å². The Morgan fingerprint density at radius 1 is 1.26 bits per heavy atom. The Morgan fingerprint density at radius 3 is 2.59 bits per heavy atom. The summed E-state index contributed by atoms with van der Waals surface area (Å²) in [6.07, 6.45) is 4.78. The predicted molar refractivity (Wildman–Crippen MR) is 96.6 cm³/mol. The number of hydrogen-bond acceptors (Lipinski definition) is 7. The van der Waals surface area contributed by atoms with Crippen molar-refractivity contribution in [2.75, 3.05) is 18.2 Å². The topological polar surface area (TPSA) is 116 Å². The molecule has 1 aliphatic carbocycles. The van der Waals surface area contributed by atoms with Crippen LogP contribution in [0.1, 0.15) is 41.6 Å². The summed E-state index contributed by atoms with van der Waals surface area (Å²) in [5.74, 6) is -3.27. The van der Waals surface area contributed by atoms with Gasteiger partial charge < -0.3 is 21.5 Å². The molecular formula is C18H21F2N5O2. The molecule has 1 saturated carbocycles. The number of ether oxygens (including phenoxy) is 1. The third kappa shape index (κ3) is 3.97. The molecule has 1 aromatic heterocycles. The fourth-order valence-electron chi connectivity index (χ4n) is 3.13. The molecule has 0 spiro atoms. The Labute approximate surface area is 155 Å². The van der Waals surface area contributed by atoms with E-state index in [1.807, 2.05) is 0 Å². The SMILES string of the molecule is COc1ccc(F)c(F)c1C(=O)c1cnc(NC2CCC(N)CC2)nc1N. The van der Waals surface area contributed by atoms with Gasteiger partial charge in [0.25, 0.3) is 0 Å². The highest BCUT2D eigenvalue weighted by Crippen LogP contribution is 2.28. The molecule has 5 N–H and O–H groups in total. The zero-order valence-electron chi connectivity index (χ0n) is 14.8. The lowest BCUT2D eigenvalue weighted by Crippen LogP contribution is -2.33. The highest BCUT2D eigenvalue weighted by atomic mass is 19.2. The number of methoxy groups -OCH3 is 1. The van der Waals surface area contributed by atoms with Crippen molar-refractivity contribution >= 4 is 17.5 Å². The van der Waals surface area contributed by atoms with Crippen LogP contribution in [0.15, 0.2) is 18.3 Å². The number of ketones is 1. The molecule has 0 atom stereocenters. The number of carbonyl (C=O) groups is 1. The van der Waals surface area contributed by atoms with Crippen molar-refractivity contribution in [3.63, 3.8) is 0 Å². The van der Waals surface area contributed by atoms with Crippen LogP contribution in [0.5, 0.6) is 5.75 Å². The highest BCUT2D eigenvalue weighted by molar-refractivity contribution is 6.13. The summed E-state index contributed by atoms with van der Waals surface area (Å²) in [4.78, 5) is 20.9. The first kappa shape index (κ1) is 19.0. The van der Waals surface area contributed by atoms with Crippen LogP contribution in [-0.2, 0) is 0 Å². The summed E-state index contributed by atoms with van der Waals surface area (Å²) in [6, 6.07) is 2.44. The second-order valence-electron chi connectivity index (χ2n) is 6.52. The lowest BCUT2D eigenvalue weighted by Gasteiger charge is -2.26. The normalized spacial score (nSPS) is 19.6. The van der Waals surface area contributed by atoms with Crippen LogP contribution in [-0.4, -0.2) is 34.9 Å². The van der Waals surface area contributed by atoms with Crippen LogP contribution >= 0.6 is 0 Å². The third-order valence-electron chi connectivity index (χ3n) is 4.67. The van der Waals surface area contributed by atoms with Gasteiger partial charge in [-0.05, 0) is 37.8 Å². The van der Waals surface area contributed by atoms with E-state index in [2.05, 4.69) is 15.3 Å². The average Bonchev–Trinajstić information content (AvgIpc) is 2.65. The molecular weight excluding hydrogens is 356 g/mol. The van der Waals surface area contributed by atoms with Crippen molar-refractivity contribution in [2.24, 2.45) is 5.73 Å². The van der Waals surface area contributed by atoms with Gasteiger partial charge in [-0.15, -0.1) is 0 Å². The number of anilines is 2. The number of nitrogens with one attached hydrogen (secondary N) is 1. The van der Waals surface area contributed by atoms with E-state index in [0.29, 0.717) is 0 Å². The molecule has 7 nitrogen and oxygen atoms in total. The first-order chi connectivity index (χ1) is 12.9. The van der Waals surface area contributed by atoms with Gasteiger partial charge in [0, 0.05) is 18.3 Å². The van der Waals surface area contributed by atoms with E-state index in [9.17, 15) is 13.6 Å². The zero-order chi connectivity index (χ0) is 19.6. The van der Waals surface area contributed by atoms with E-state index in [1.54, 1.807) is 0 Å². The molecule has 1 fully saturated rings. The van der Waals surface area contributed by atoms with Crippen molar-refractivity contribution < 1.29 is 18.3 Å². The monoisotopic (exact) mass is 377 g/mol. The number of halogens is 2. The molecule has 1 aromatic carbocycles. The average molecular weight is 377 g/mol. The summed E-state index contributed by atoms with van der Waals surface area (Å²) in [6.45, 7) is 0. The van der Waals surface area contributed by atoms with E-state index < -0.39 is 23.0 Å². The van der Waals surface area contributed by atoms with Crippen molar-refractivity contribution in [3.05, 3.63) is 41.1 Å². The summed E-state index contributed by atoms with van der Waals surface area (Å²) in [7, 11) is 1.26. The predicted octanol–water partition coefficient (Wildman–Crippen LogP) is 2.26. The number of carbonyl (C=O) groups excluding carboxylic acids is 1. The zero-order valence-corrected chi connectivity index (χ0v) is 14.8. The highest BCUT2D eigenvalue weighted by Gasteiger charge is 2.25. The van der Waals surface area contributed by atoms with Crippen molar-refractivity contribution in [1.29, 1.82) is 0 Å². The quantitative estimate of drug-likeness (QED) is 0.684. The molecule has 0 saturated heterocycles. The number of nitrogen functional groups attached to an aromatic ring is 1. The van der Waals surface area contributed by atoms with Crippen LogP contribution in [0.4, 0.5) is 20.5 Å². The van der Waals surface area contributed by atoms with E-state index in [0.717, 1.165) is 31.7 Å². The second kappa shape index (κ2) is 7.83. The van der Waals surface area contributed by atoms with E-state index in [4.69, 9.17) is 16.2 Å². The minimum absolute atomic E-state index is 0.0981. The number of benzene rings is 1. The van der Waals surface area contributed by atoms with E-state index >= 15 is 0 Å². The molecule has 1 aliphatic rings. The van der Waals surface area contributed by atoms with Gasteiger partial charge in [-0.3, -0.25) is 4.79 Å². The fraction of sp³-hybridized carbons (Fsp3) is 0.389. The van der Waals surface area contributed by atoms with Crippen molar-refractivity contribution in [3.8, 4) is 5.75 Å². The Kier molecular flexibility index (Phi) is 5.50. The summed E-state index contributed by atoms with van der Waals surface area (Å²) < 4.78 is 32.7. The van der Waals surface area contributed by atoms with Gasteiger partial charge >= 0.3 is 0 Å². The van der Waals surface area contributed by atoms with Crippen LogP contribution in [0.2, 0.25) is 0 Å². The number of hydrogen-bond donors (Lipinski definition) is 3. The van der Waals surface area contributed by atoms with Crippen LogP contribution in [0.25, 0.3) is 0 Å². The van der Waals surface area contributed by atoms with Crippen LogP contribution in [0.3, 0.4) is 0 Å². The number of rotatable bonds is 5. The van der Waals surface area contributed by atoms with Crippen LogP contribution < -0.4 is 21.5 Å². The Morgan fingerprint density at radius 2 is 1.96 bits per heavy atom. The minimum atomic E-state index is -1.31. The molecule has 3 rings (SSSR count). The summed E-state index contributed by atoms with van der Waals surface area (Å²) in [5, 5.41) is 3.16. The maximum absolute atomic E-state index is 14.2. The molecule has 0 bridgehead atoms. The maximum atomic E-state index is 14.2. The lowest BCUT2D eigenvalue weighted by atomic mass is 9.92. The van der Waals surface area contributed by atoms with Gasteiger partial charge in [0.05, 0.1) is 12.7 Å². The molecule has 0 amide bonds. The molecule has 1 heterocycles. The Hall–Kier alpha value is -2.81. The van der Waals surface area contributed by atoms with E-state index in [-0.39, 0.29) is 35.2 Å². The molecule has 2 aromatic rings. The van der Waals surface area contributed by atoms with Gasteiger partial charge in [0.1, 0.15) is 17.1 Å². The summed E-state index contributed by atoms with van der Waals surface area (Å²) in [5.41, 5.74) is 11.1. The first-order valence-electron chi connectivity index (χ1n) is 8.62. The summed E-state index contributed by atoms with van der Waals surface area (Å²) >= 11 is 0. The van der Waals surface area contributed by atoms with Gasteiger partial charge in [-0.1, -0.05) is 0 Å². The number of nitrogens with two attached hydrogens (primary N) is 2. The molecule has 144 valence electrons. The minimum Gasteiger partial charge on any atom is -0.496 e. The molecule has 9 heteroatoms. The number of nitrogens with zero attached hydrogens (tertiary/aromatic N) is 2. The molecule has 0 unspecified atom stereocenters. The van der Waals surface area contributed by atoms with Crippen LogP contribution in [0, 0.1) is 11.6 Å². The number of aromatic nitrogens is 2. The molecule has 27 heavy (non-hydrogen) atoms. The largest absolute Gasteiger partial charge is 0.496 e. The second-order valence-corrected chi connectivity index (χ2v) is 6.52. The van der Waals surface area contributed by atoms with Gasteiger partial charge in [0.15, 0.2) is 11.6 Å². The first-order valence-corrected chi connectivity index (χ1v) is 8.62. The van der Waals surface area contributed by atoms with Gasteiger partial charge in [-0.2, -0.15) is 4.98 Å². The Balaban J connectivity index is 1.84. The van der Waals surface area contributed by atoms with Crippen molar-refractivity contribution in [2.45, 2.75) is 37.8 Å². The standard InChI is InChI=1S/C18H21F2N5O2/c1-27-13-7-6-12(19)15(20)14(13)16(26)11-8-23-18(25-17(11)22)24-10-4-2-9(21)3-5-10/h6-10H,2-5,21H2,1H3,(H3,22,23,24,25). The molecule has 0 radical (unpaired) electrons. The lowest BCUT2D eigenvalue weighted by molar-refractivity contribution is 0.103.